The summed E-state index contributed by atoms with van der Waals surface area (Å²) in [5.74, 6) is -0.190. The van der Waals surface area contributed by atoms with E-state index in [-0.39, 0.29) is 23.4 Å². The number of hydrogen-bond acceptors (Lipinski definition) is 5. The molecule has 0 saturated carbocycles. The van der Waals surface area contributed by atoms with Crippen molar-refractivity contribution in [3.63, 3.8) is 0 Å². The van der Waals surface area contributed by atoms with Crippen LogP contribution in [0.3, 0.4) is 0 Å². The van der Waals surface area contributed by atoms with Gasteiger partial charge in [-0.2, -0.15) is 0 Å². The van der Waals surface area contributed by atoms with Crippen molar-refractivity contribution in [3.8, 4) is 0 Å². The first-order chi connectivity index (χ1) is 11.8. The van der Waals surface area contributed by atoms with Crippen LogP contribution in [-0.2, 0) is 19.4 Å². The van der Waals surface area contributed by atoms with Crippen molar-refractivity contribution in [2.24, 2.45) is 0 Å². The van der Waals surface area contributed by atoms with Gasteiger partial charge in [0.25, 0.3) is 5.91 Å². The first-order valence-electron chi connectivity index (χ1n) is 8.15. The lowest BCUT2D eigenvalue weighted by atomic mass is 10.3. The molecule has 1 fully saturated rings. The molecule has 0 radical (unpaired) electrons. The van der Waals surface area contributed by atoms with Gasteiger partial charge >= 0.3 is 6.09 Å². The summed E-state index contributed by atoms with van der Waals surface area (Å²) in [5.41, 5.74) is 0.456. The van der Waals surface area contributed by atoms with Gasteiger partial charge in [0.1, 0.15) is 0 Å². The van der Waals surface area contributed by atoms with Gasteiger partial charge in [-0.1, -0.05) is 6.07 Å². The summed E-state index contributed by atoms with van der Waals surface area (Å²) in [6, 6.07) is 6.18. The fraction of sp³-hybridized carbons (Fsp3) is 0.500. The molecule has 1 heterocycles. The minimum absolute atomic E-state index is 0.167. The molecule has 0 aromatic heterocycles. The maximum atomic E-state index is 12.2. The molecule has 25 heavy (non-hydrogen) atoms. The van der Waals surface area contributed by atoms with Crippen LogP contribution < -0.4 is 10.2 Å². The largest absolute Gasteiger partial charge is 0.450 e. The number of benzene rings is 1. The van der Waals surface area contributed by atoms with Crippen LogP contribution in [0.1, 0.15) is 6.92 Å². The number of piperazine rings is 1. The lowest BCUT2D eigenvalue weighted by Crippen LogP contribution is -3.15. The average Bonchev–Trinajstić information content (AvgIpc) is 2.55. The summed E-state index contributed by atoms with van der Waals surface area (Å²) < 4.78 is 28.1. The SMILES string of the molecule is CCOC(=O)N1CC[NH+](CC(=O)Nc2cccc(S(C)(=O)=O)c2)CC1. The Morgan fingerprint density at radius 1 is 1.28 bits per heavy atom. The van der Waals surface area contributed by atoms with E-state index in [1.54, 1.807) is 24.0 Å². The zero-order chi connectivity index (χ0) is 18.4. The van der Waals surface area contributed by atoms with E-state index < -0.39 is 9.84 Å². The molecule has 8 nitrogen and oxygen atoms in total. The van der Waals surface area contributed by atoms with Crippen LogP contribution >= 0.6 is 0 Å². The highest BCUT2D eigenvalue weighted by molar-refractivity contribution is 7.90. The van der Waals surface area contributed by atoms with Crippen molar-refractivity contribution in [2.75, 3.05) is 50.9 Å². The number of hydrogen-bond donors (Lipinski definition) is 2. The Labute approximate surface area is 147 Å². The van der Waals surface area contributed by atoms with Crippen LogP contribution in [0, 0.1) is 0 Å². The van der Waals surface area contributed by atoms with Gasteiger partial charge in [0.2, 0.25) is 0 Å². The van der Waals surface area contributed by atoms with Crippen LogP contribution in [-0.4, -0.2) is 70.9 Å². The van der Waals surface area contributed by atoms with Gasteiger partial charge in [-0.15, -0.1) is 0 Å². The monoisotopic (exact) mass is 370 g/mol. The number of nitrogens with one attached hydrogen (secondary N) is 2. The molecule has 9 heteroatoms. The van der Waals surface area contributed by atoms with Crippen molar-refractivity contribution in [1.82, 2.24) is 4.90 Å². The quantitative estimate of drug-likeness (QED) is 0.720. The van der Waals surface area contributed by atoms with Crippen LogP contribution in [0.15, 0.2) is 29.2 Å². The molecule has 2 amide bonds. The van der Waals surface area contributed by atoms with Crippen molar-refractivity contribution >= 4 is 27.5 Å². The molecule has 0 atom stereocenters. The number of carbonyl (C=O) groups is 2. The van der Waals surface area contributed by atoms with Crippen molar-refractivity contribution in [1.29, 1.82) is 0 Å². The lowest BCUT2D eigenvalue weighted by Gasteiger charge is -2.31. The minimum atomic E-state index is -3.31. The fourth-order valence-corrected chi connectivity index (χ4v) is 3.30. The van der Waals surface area contributed by atoms with Gasteiger partial charge in [-0.05, 0) is 25.1 Å². The molecule has 1 aliphatic rings. The second-order valence-electron chi connectivity index (χ2n) is 5.96. The first-order valence-corrected chi connectivity index (χ1v) is 10.0. The van der Waals surface area contributed by atoms with Gasteiger partial charge in [0, 0.05) is 11.9 Å². The Bertz CT molecular complexity index is 727. The molecule has 2 N–H and O–H groups in total. The molecule has 1 aliphatic heterocycles. The van der Waals surface area contributed by atoms with E-state index in [9.17, 15) is 18.0 Å². The molecule has 1 aromatic carbocycles. The third-order valence-electron chi connectivity index (χ3n) is 3.95. The molecule has 138 valence electrons. The summed E-state index contributed by atoms with van der Waals surface area (Å²) in [6.45, 7) is 4.80. The lowest BCUT2D eigenvalue weighted by molar-refractivity contribution is -0.895. The number of amides is 2. The molecule has 0 aliphatic carbocycles. The predicted molar refractivity (Wildman–Crippen MR) is 92.3 cm³/mol. The molecule has 1 aromatic rings. The highest BCUT2D eigenvalue weighted by Crippen LogP contribution is 2.14. The number of anilines is 1. The molecule has 2 rings (SSSR count). The van der Waals surface area contributed by atoms with E-state index in [1.165, 1.54) is 12.1 Å². The molecule has 0 bridgehead atoms. The maximum Gasteiger partial charge on any atom is 0.410 e. The molecular formula is C16H24N3O5S+. The Hall–Kier alpha value is -2.13. The summed E-state index contributed by atoms with van der Waals surface area (Å²) in [4.78, 5) is 26.7. The minimum Gasteiger partial charge on any atom is -0.450 e. The Kier molecular flexibility index (Phi) is 6.38. The normalized spacial score (nSPS) is 15.7. The van der Waals surface area contributed by atoms with Crippen LogP contribution in [0.5, 0.6) is 0 Å². The first kappa shape index (κ1) is 19.2. The molecule has 0 unspecified atom stereocenters. The van der Waals surface area contributed by atoms with Crippen LogP contribution in [0.2, 0.25) is 0 Å². The van der Waals surface area contributed by atoms with Gasteiger partial charge < -0.3 is 15.0 Å². The Morgan fingerprint density at radius 3 is 2.56 bits per heavy atom. The standard InChI is InChI=1S/C16H23N3O5S/c1-3-24-16(21)19-9-7-18(8-10-19)12-15(20)17-13-5-4-6-14(11-13)25(2,22)23/h4-6,11H,3,7-10,12H2,1-2H3,(H,17,20)/p+1. The van der Waals surface area contributed by atoms with E-state index >= 15 is 0 Å². The van der Waals surface area contributed by atoms with Gasteiger partial charge in [0.05, 0.1) is 37.7 Å². The molecule has 1 saturated heterocycles. The Morgan fingerprint density at radius 2 is 1.96 bits per heavy atom. The van der Waals surface area contributed by atoms with Gasteiger partial charge in [0.15, 0.2) is 16.4 Å². The highest BCUT2D eigenvalue weighted by atomic mass is 32.2. The van der Waals surface area contributed by atoms with Crippen LogP contribution in [0.4, 0.5) is 10.5 Å². The van der Waals surface area contributed by atoms with E-state index in [1.807, 2.05) is 0 Å². The van der Waals surface area contributed by atoms with Crippen molar-refractivity contribution in [3.05, 3.63) is 24.3 Å². The van der Waals surface area contributed by atoms with Gasteiger partial charge in [-0.3, -0.25) is 9.69 Å². The smallest absolute Gasteiger partial charge is 0.410 e. The topological polar surface area (TPSA) is 97.2 Å². The third kappa shape index (κ3) is 5.71. The predicted octanol–water partition coefficient (Wildman–Crippen LogP) is -0.614. The summed E-state index contributed by atoms with van der Waals surface area (Å²) >= 11 is 0. The molecule has 0 spiro atoms. The second-order valence-corrected chi connectivity index (χ2v) is 7.98. The van der Waals surface area contributed by atoms with E-state index in [4.69, 9.17) is 4.74 Å². The number of quaternary nitrogens is 1. The highest BCUT2D eigenvalue weighted by Gasteiger charge is 2.25. The van der Waals surface area contributed by atoms with Crippen molar-refractivity contribution < 1.29 is 27.6 Å². The Balaban J connectivity index is 1.85. The number of carbonyl (C=O) groups excluding carboxylic acids is 2. The number of rotatable bonds is 5. The second kappa shape index (κ2) is 8.30. The average molecular weight is 370 g/mol. The summed E-state index contributed by atoms with van der Waals surface area (Å²) in [5, 5.41) is 2.73. The maximum absolute atomic E-state index is 12.2. The summed E-state index contributed by atoms with van der Waals surface area (Å²) in [7, 11) is -3.31. The number of sulfone groups is 1. The van der Waals surface area contributed by atoms with Crippen molar-refractivity contribution in [2.45, 2.75) is 11.8 Å². The zero-order valence-corrected chi connectivity index (χ0v) is 15.3. The molecular weight excluding hydrogens is 346 g/mol. The number of nitrogens with zero attached hydrogens (tertiary/aromatic N) is 1. The van der Waals surface area contributed by atoms with Gasteiger partial charge in [-0.25, -0.2) is 13.2 Å². The number of ether oxygens (including phenoxy) is 1. The zero-order valence-electron chi connectivity index (χ0n) is 14.4. The third-order valence-corrected chi connectivity index (χ3v) is 5.06. The fourth-order valence-electron chi connectivity index (χ4n) is 2.63. The van der Waals surface area contributed by atoms with Crippen LogP contribution in [0.25, 0.3) is 0 Å². The van der Waals surface area contributed by atoms with E-state index in [0.717, 1.165) is 11.2 Å². The summed E-state index contributed by atoms with van der Waals surface area (Å²) in [6.07, 6.45) is 0.810. The van der Waals surface area contributed by atoms with E-state index in [2.05, 4.69) is 5.32 Å². The van der Waals surface area contributed by atoms with E-state index in [0.29, 0.717) is 38.5 Å².